The topological polar surface area (TPSA) is 72.9 Å². The van der Waals surface area contributed by atoms with Gasteiger partial charge in [-0.3, -0.25) is 4.79 Å². The molecule has 1 unspecified atom stereocenters. The summed E-state index contributed by atoms with van der Waals surface area (Å²) in [6.45, 7) is 8.33. The predicted molar refractivity (Wildman–Crippen MR) is 103 cm³/mol. The molecule has 0 fully saturated rings. The van der Waals surface area contributed by atoms with Crippen LogP contribution in [0.25, 0.3) is 5.69 Å². The molecule has 2 aromatic rings. The van der Waals surface area contributed by atoms with Crippen molar-refractivity contribution in [1.82, 2.24) is 15.1 Å². The molecule has 0 radical (unpaired) electrons. The van der Waals surface area contributed by atoms with Gasteiger partial charge in [0, 0.05) is 11.0 Å². The molecule has 0 aliphatic carbocycles. The second kappa shape index (κ2) is 8.14. The van der Waals surface area contributed by atoms with Gasteiger partial charge in [-0.2, -0.15) is 5.10 Å². The van der Waals surface area contributed by atoms with E-state index in [0.29, 0.717) is 12.1 Å². The molecular formula is C17H24BrClN4O. The Kier molecular flexibility index (Phi) is 7.01. The van der Waals surface area contributed by atoms with Crippen molar-refractivity contribution >= 4 is 34.2 Å². The van der Waals surface area contributed by atoms with Crippen LogP contribution in [0.15, 0.2) is 34.9 Å². The van der Waals surface area contributed by atoms with Crippen LogP contribution in [-0.2, 0) is 0 Å². The first-order chi connectivity index (χ1) is 10.8. The number of hydrogen-bond acceptors (Lipinski definition) is 3. The quantitative estimate of drug-likeness (QED) is 0.785. The first-order valence-corrected chi connectivity index (χ1v) is 8.41. The van der Waals surface area contributed by atoms with Gasteiger partial charge in [0.05, 0.1) is 28.7 Å². The minimum absolute atomic E-state index is 0. The monoisotopic (exact) mass is 414 g/mol. The third kappa shape index (κ3) is 4.18. The number of nitrogens with two attached hydrogens (primary N) is 1. The highest BCUT2D eigenvalue weighted by Crippen LogP contribution is 2.20. The Morgan fingerprint density at radius 1 is 1.46 bits per heavy atom. The van der Waals surface area contributed by atoms with E-state index in [2.05, 4.69) is 26.3 Å². The van der Waals surface area contributed by atoms with Gasteiger partial charge in [-0.05, 0) is 38.0 Å². The lowest BCUT2D eigenvalue weighted by Crippen LogP contribution is -2.55. The zero-order chi connectivity index (χ0) is 17.2. The van der Waals surface area contributed by atoms with Gasteiger partial charge in [0.2, 0.25) is 0 Å². The Morgan fingerprint density at radius 3 is 2.67 bits per heavy atom. The summed E-state index contributed by atoms with van der Waals surface area (Å²) in [6, 6.07) is 7.79. The van der Waals surface area contributed by atoms with Gasteiger partial charge in [0.25, 0.3) is 5.91 Å². The van der Waals surface area contributed by atoms with Crippen molar-refractivity contribution in [1.29, 1.82) is 0 Å². The molecule has 2 rings (SSSR count). The lowest BCUT2D eigenvalue weighted by Gasteiger charge is -2.33. The molecule has 0 spiro atoms. The molecule has 1 aromatic heterocycles. The predicted octanol–water partition coefficient (Wildman–Crippen LogP) is 3.47. The van der Waals surface area contributed by atoms with Crippen molar-refractivity contribution in [3.05, 3.63) is 46.2 Å². The van der Waals surface area contributed by atoms with E-state index < -0.39 is 5.54 Å². The Labute approximate surface area is 157 Å². The fraction of sp³-hybridized carbons (Fsp3) is 0.412. The molecular weight excluding hydrogens is 392 g/mol. The van der Waals surface area contributed by atoms with E-state index in [1.54, 1.807) is 10.9 Å². The van der Waals surface area contributed by atoms with Gasteiger partial charge in [-0.25, -0.2) is 4.68 Å². The molecule has 0 saturated carbocycles. The van der Waals surface area contributed by atoms with Gasteiger partial charge in [-0.1, -0.05) is 35.8 Å². The fourth-order valence-corrected chi connectivity index (χ4v) is 2.65. The maximum absolute atomic E-state index is 12.6. The Bertz CT molecular complexity index is 716. The smallest absolute Gasteiger partial charge is 0.255 e. The van der Waals surface area contributed by atoms with Crippen molar-refractivity contribution in [3.8, 4) is 5.69 Å². The van der Waals surface area contributed by atoms with Gasteiger partial charge >= 0.3 is 0 Å². The standard InChI is InChI=1S/C17H23BrN4O.ClH/c1-11(2)17(4,10-19)21-16(23)15-9-20-22(12(15)3)14-7-5-6-13(18)8-14;/h5-9,11H,10,19H2,1-4H3,(H,21,23);1H. The molecule has 1 heterocycles. The zero-order valence-electron chi connectivity index (χ0n) is 14.3. The molecule has 0 bridgehead atoms. The second-order valence-electron chi connectivity index (χ2n) is 6.27. The first kappa shape index (κ1) is 20.7. The van der Waals surface area contributed by atoms with E-state index in [1.165, 1.54) is 0 Å². The maximum Gasteiger partial charge on any atom is 0.255 e. The fourth-order valence-electron chi connectivity index (χ4n) is 2.26. The molecule has 7 heteroatoms. The Hall–Kier alpha value is -1.37. The SMILES string of the molecule is Cc1c(C(=O)NC(C)(CN)C(C)C)cnn1-c1cccc(Br)c1.Cl. The van der Waals surface area contributed by atoms with Gasteiger partial charge in [0.15, 0.2) is 0 Å². The minimum Gasteiger partial charge on any atom is -0.345 e. The van der Waals surface area contributed by atoms with Crippen molar-refractivity contribution < 1.29 is 4.79 Å². The van der Waals surface area contributed by atoms with Gasteiger partial charge in [-0.15, -0.1) is 12.4 Å². The lowest BCUT2D eigenvalue weighted by atomic mass is 9.88. The lowest BCUT2D eigenvalue weighted by molar-refractivity contribution is 0.0882. The Morgan fingerprint density at radius 2 is 2.12 bits per heavy atom. The summed E-state index contributed by atoms with van der Waals surface area (Å²) in [5, 5.41) is 7.40. The third-order valence-corrected chi connectivity index (χ3v) is 4.90. The van der Waals surface area contributed by atoms with Crippen LogP contribution >= 0.6 is 28.3 Å². The highest BCUT2D eigenvalue weighted by Gasteiger charge is 2.30. The summed E-state index contributed by atoms with van der Waals surface area (Å²) in [4.78, 5) is 12.6. The van der Waals surface area contributed by atoms with E-state index in [-0.39, 0.29) is 24.2 Å². The number of halogens is 2. The molecule has 1 atom stereocenters. The third-order valence-electron chi connectivity index (χ3n) is 4.40. The van der Waals surface area contributed by atoms with Crippen LogP contribution in [0, 0.1) is 12.8 Å². The van der Waals surface area contributed by atoms with Crippen molar-refractivity contribution in [2.45, 2.75) is 33.2 Å². The minimum atomic E-state index is -0.443. The highest BCUT2D eigenvalue weighted by atomic mass is 79.9. The Balaban J connectivity index is 0.00000288. The zero-order valence-corrected chi connectivity index (χ0v) is 16.7. The van der Waals surface area contributed by atoms with E-state index in [4.69, 9.17) is 5.73 Å². The normalized spacial score (nSPS) is 13.3. The number of benzene rings is 1. The van der Waals surface area contributed by atoms with E-state index in [0.717, 1.165) is 15.9 Å². The summed E-state index contributed by atoms with van der Waals surface area (Å²) in [5.41, 5.74) is 7.66. The molecule has 0 aliphatic heterocycles. The van der Waals surface area contributed by atoms with Crippen LogP contribution < -0.4 is 11.1 Å². The number of carbonyl (C=O) groups excluding carboxylic acids is 1. The molecule has 24 heavy (non-hydrogen) atoms. The van der Waals surface area contributed by atoms with Crippen molar-refractivity contribution in [2.75, 3.05) is 6.54 Å². The van der Waals surface area contributed by atoms with E-state index in [1.807, 2.05) is 52.0 Å². The van der Waals surface area contributed by atoms with Crippen molar-refractivity contribution in [2.24, 2.45) is 11.7 Å². The summed E-state index contributed by atoms with van der Waals surface area (Å²) in [7, 11) is 0. The van der Waals surface area contributed by atoms with Gasteiger partial charge < -0.3 is 11.1 Å². The van der Waals surface area contributed by atoms with Crippen LogP contribution in [0.5, 0.6) is 0 Å². The van der Waals surface area contributed by atoms with Gasteiger partial charge in [0.1, 0.15) is 0 Å². The van der Waals surface area contributed by atoms with Crippen molar-refractivity contribution in [3.63, 3.8) is 0 Å². The molecule has 5 nitrogen and oxygen atoms in total. The number of aromatic nitrogens is 2. The van der Waals surface area contributed by atoms with Crippen LogP contribution in [-0.4, -0.2) is 27.8 Å². The van der Waals surface area contributed by atoms with E-state index >= 15 is 0 Å². The summed E-state index contributed by atoms with van der Waals surface area (Å²) >= 11 is 3.45. The second-order valence-corrected chi connectivity index (χ2v) is 7.18. The average Bonchev–Trinajstić information content (AvgIpc) is 2.88. The number of nitrogens with zero attached hydrogens (tertiary/aromatic N) is 2. The molecule has 132 valence electrons. The molecule has 3 N–H and O–H groups in total. The summed E-state index contributed by atoms with van der Waals surface area (Å²) < 4.78 is 2.72. The average molecular weight is 416 g/mol. The molecule has 0 aliphatic rings. The number of rotatable bonds is 5. The van der Waals surface area contributed by atoms with Crippen LogP contribution in [0.3, 0.4) is 0 Å². The first-order valence-electron chi connectivity index (χ1n) is 7.61. The number of amides is 1. The maximum atomic E-state index is 12.6. The number of carbonyl (C=O) groups is 1. The molecule has 1 amide bonds. The number of nitrogens with one attached hydrogen (secondary N) is 1. The molecule has 1 aromatic carbocycles. The van der Waals surface area contributed by atoms with Crippen LogP contribution in [0.4, 0.5) is 0 Å². The highest BCUT2D eigenvalue weighted by molar-refractivity contribution is 9.10. The largest absolute Gasteiger partial charge is 0.345 e. The van der Waals surface area contributed by atoms with Crippen LogP contribution in [0.1, 0.15) is 36.8 Å². The summed E-state index contributed by atoms with van der Waals surface area (Å²) in [6.07, 6.45) is 1.60. The van der Waals surface area contributed by atoms with E-state index in [9.17, 15) is 4.79 Å². The molecule has 0 saturated heterocycles. The summed E-state index contributed by atoms with van der Waals surface area (Å²) in [5.74, 6) is 0.0854. The van der Waals surface area contributed by atoms with Crippen LogP contribution in [0.2, 0.25) is 0 Å². The number of hydrogen-bond donors (Lipinski definition) is 2.